The highest BCUT2D eigenvalue weighted by Crippen LogP contribution is 2.27. The lowest BCUT2D eigenvalue weighted by Crippen LogP contribution is -2.49. The summed E-state index contributed by atoms with van der Waals surface area (Å²) in [7, 11) is -3.87. The summed E-state index contributed by atoms with van der Waals surface area (Å²) in [6, 6.07) is 11.6. The zero-order chi connectivity index (χ0) is 20.6. The molecule has 10 heteroatoms. The van der Waals surface area contributed by atoms with Gasteiger partial charge in [-0.25, -0.2) is 13.4 Å². The van der Waals surface area contributed by atoms with Gasteiger partial charge in [-0.05, 0) is 42.8 Å². The molecule has 0 saturated carbocycles. The maximum Gasteiger partial charge on any atom is 0.257 e. The van der Waals surface area contributed by atoms with Crippen LogP contribution in [0.4, 0.5) is 5.13 Å². The number of sulfonamides is 1. The number of piperazine rings is 1. The molecule has 2 heterocycles. The Labute approximate surface area is 171 Å². The number of anilines is 1. The molecule has 0 unspecified atom stereocenters. The van der Waals surface area contributed by atoms with Crippen LogP contribution in [0.15, 0.2) is 47.4 Å². The Balaban J connectivity index is 1.57. The highest BCUT2D eigenvalue weighted by molar-refractivity contribution is 7.89. The van der Waals surface area contributed by atoms with Gasteiger partial charge < -0.3 is 5.32 Å². The van der Waals surface area contributed by atoms with Gasteiger partial charge in [-0.3, -0.25) is 14.9 Å². The van der Waals surface area contributed by atoms with Crippen molar-refractivity contribution in [1.29, 1.82) is 0 Å². The Morgan fingerprint density at radius 3 is 2.86 bits per heavy atom. The summed E-state index contributed by atoms with van der Waals surface area (Å²) in [5.41, 5.74) is 2.09. The van der Waals surface area contributed by atoms with E-state index in [4.69, 9.17) is 0 Å². The fraction of sp³-hybridized carbons (Fsp3) is 0.211. The molecule has 2 aromatic carbocycles. The largest absolute Gasteiger partial charge is 0.354 e. The van der Waals surface area contributed by atoms with Gasteiger partial charge in [0.05, 0.1) is 21.7 Å². The van der Waals surface area contributed by atoms with E-state index in [1.807, 2.05) is 25.1 Å². The van der Waals surface area contributed by atoms with E-state index in [0.29, 0.717) is 5.13 Å². The first kappa shape index (κ1) is 19.5. The number of aryl methyl sites for hydroxylation is 1. The summed E-state index contributed by atoms with van der Waals surface area (Å²) in [4.78, 5) is 28.5. The average molecular weight is 431 g/mol. The van der Waals surface area contributed by atoms with Crippen LogP contribution in [-0.4, -0.2) is 49.2 Å². The Hall–Kier alpha value is -2.82. The first-order valence-corrected chi connectivity index (χ1v) is 11.1. The molecule has 2 amide bonds. The van der Waals surface area contributed by atoms with Crippen molar-refractivity contribution in [2.75, 3.05) is 25.0 Å². The van der Waals surface area contributed by atoms with Crippen molar-refractivity contribution in [3.8, 4) is 0 Å². The van der Waals surface area contributed by atoms with Gasteiger partial charge in [0.1, 0.15) is 0 Å². The summed E-state index contributed by atoms with van der Waals surface area (Å²) >= 11 is 1.35. The van der Waals surface area contributed by atoms with Crippen molar-refractivity contribution in [3.63, 3.8) is 0 Å². The van der Waals surface area contributed by atoms with Gasteiger partial charge in [-0.15, -0.1) is 0 Å². The number of hydrogen-bond donors (Lipinski definition) is 2. The SMILES string of the molecule is Cc1ccc2nc(NC(=O)c3cccc(S(=O)(=O)N4CCNC(=O)C4)c3)sc2c1. The monoisotopic (exact) mass is 430 g/mol. The number of fused-ring (bicyclic) bond motifs is 1. The minimum Gasteiger partial charge on any atom is -0.354 e. The van der Waals surface area contributed by atoms with Crippen LogP contribution in [0.5, 0.6) is 0 Å². The summed E-state index contributed by atoms with van der Waals surface area (Å²) in [5, 5.41) is 5.76. The maximum absolute atomic E-state index is 12.8. The molecule has 1 fully saturated rings. The number of thiazole rings is 1. The van der Waals surface area contributed by atoms with Crippen LogP contribution in [0.3, 0.4) is 0 Å². The second kappa shape index (κ2) is 7.54. The highest BCUT2D eigenvalue weighted by atomic mass is 32.2. The molecule has 1 aliphatic heterocycles. The van der Waals surface area contributed by atoms with Crippen molar-refractivity contribution >= 4 is 48.5 Å². The molecular weight excluding hydrogens is 412 g/mol. The topological polar surface area (TPSA) is 108 Å². The number of amides is 2. The van der Waals surface area contributed by atoms with Gasteiger partial charge in [-0.1, -0.05) is 23.5 Å². The predicted octanol–water partition coefficient (Wildman–Crippen LogP) is 1.98. The third kappa shape index (κ3) is 4.00. The molecule has 8 nitrogen and oxygen atoms in total. The molecule has 0 radical (unpaired) electrons. The Morgan fingerprint density at radius 2 is 2.07 bits per heavy atom. The number of rotatable bonds is 4. The molecule has 0 bridgehead atoms. The summed E-state index contributed by atoms with van der Waals surface area (Å²) in [6.45, 7) is 2.20. The molecule has 29 heavy (non-hydrogen) atoms. The molecule has 1 saturated heterocycles. The van der Waals surface area contributed by atoms with E-state index < -0.39 is 15.9 Å². The van der Waals surface area contributed by atoms with E-state index >= 15 is 0 Å². The first-order chi connectivity index (χ1) is 13.8. The molecule has 0 spiro atoms. The zero-order valence-corrected chi connectivity index (χ0v) is 17.1. The molecule has 1 aromatic heterocycles. The third-order valence-electron chi connectivity index (χ3n) is 4.50. The van der Waals surface area contributed by atoms with Crippen molar-refractivity contribution in [2.45, 2.75) is 11.8 Å². The van der Waals surface area contributed by atoms with Gasteiger partial charge >= 0.3 is 0 Å². The Bertz CT molecular complexity index is 1220. The van der Waals surface area contributed by atoms with Crippen molar-refractivity contribution < 1.29 is 18.0 Å². The summed E-state index contributed by atoms with van der Waals surface area (Å²) in [5.74, 6) is -0.797. The number of aromatic nitrogens is 1. The van der Waals surface area contributed by atoms with Gasteiger partial charge in [0.25, 0.3) is 5.91 Å². The number of nitrogens with one attached hydrogen (secondary N) is 2. The van der Waals surface area contributed by atoms with E-state index in [2.05, 4.69) is 15.6 Å². The molecule has 2 N–H and O–H groups in total. The van der Waals surface area contributed by atoms with Gasteiger partial charge in [-0.2, -0.15) is 4.31 Å². The van der Waals surface area contributed by atoms with Crippen LogP contribution < -0.4 is 10.6 Å². The van der Waals surface area contributed by atoms with E-state index in [1.54, 1.807) is 0 Å². The number of nitrogens with zero attached hydrogens (tertiary/aromatic N) is 2. The minimum absolute atomic E-state index is 0.0280. The quantitative estimate of drug-likeness (QED) is 0.658. The second-order valence-electron chi connectivity index (χ2n) is 6.66. The Morgan fingerprint density at radius 1 is 1.24 bits per heavy atom. The van der Waals surface area contributed by atoms with Crippen LogP contribution in [0.25, 0.3) is 10.2 Å². The molecule has 150 valence electrons. The van der Waals surface area contributed by atoms with Gasteiger partial charge in [0.15, 0.2) is 5.13 Å². The third-order valence-corrected chi connectivity index (χ3v) is 7.28. The van der Waals surface area contributed by atoms with Crippen LogP contribution in [0.2, 0.25) is 0 Å². The van der Waals surface area contributed by atoms with E-state index in [9.17, 15) is 18.0 Å². The Kier molecular flexibility index (Phi) is 5.07. The standard InChI is InChI=1S/C19H18N4O4S2/c1-12-5-6-15-16(9-12)28-19(21-15)22-18(25)13-3-2-4-14(10-13)29(26,27)23-8-7-20-17(24)11-23/h2-6,9-10H,7-8,11H2,1H3,(H,20,24)(H,21,22,25). The normalized spacial score (nSPS) is 15.3. The molecular formula is C19H18N4O4S2. The lowest BCUT2D eigenvalue weighted by Gasteiger charge is -2.26. The van der Waals surface area contributed by atoms with E-state index in [1.165, 1.54) is 35.6 Å². The molecule has 0 aliphatic carbocycles. The fourth-order valence-corrected chi connectivity index (χ4v) is 5.42. The van der Waals surface area contributed by atoms with Crippen LogP contribution in [0, 0.1) is 6.92 Å². The zero-order valence-electron chi connectivity index (χ0n) is 15.5. The number of carbonyl (C=O) groups is 2. The van der Waals surface area contributed by atoms with E-state index in [-0.39, 0.29) is 36.0 Å². The summed E-state index contributed by atoms with van der Waals surface area (Å²) in [6.07, 6.45) is 0. The van der Waals surface area contributed by atoms with Crippen molar-refractivity contribution in [2.24, 2.45) is 0 Å². The molecule has 1 aliphatic rings. The van der Waals surface area contributed by atoms with Crippen molar-refractivity contribution in [1.82, 2.24) is 14.6 Å². The lowest BCUT2D eigenvalue weighted by molar-refractivity contribution is -0.122. The number of hydrogen-bond acceptors (Lipinski definition) is 6. The fourth-order valence-electron chi connectivity index (χ4n) is 3.02. The average Bonchev–Trinajstić information content (AvgIpc) is 3.09. The predicted molar refractivity (Wildman–Crippen MR) is 111 cm³/mol. The summed E-state index contributed by atoms with van der Waals surface area (Å²) < 4.78 is 27.7. The van der Waals surface area contributed by atoms with Crippen LogP contribution >= 0.6 is 11.3 Å². The molecule has 3 aromatic rings. The van der Waals surface area contributed by atoms with Crippen molar-refractivity contribution in [3.05, 3.63) is 53.6 Å². The molecule has 0 atom stereocenters. The van der Waals surface area contributed by atoms with Crippen LogP contribution in [0.1, 0.15) is 15.9 Å². The first-order valence-electron chi connectivity index (χ1n) is 8.88. The van der Waals surface area contributed by atoms with Gasteiger partial charge in [0, 0.05) is 18.7 Å². The highest BCUT2D eigenvalue weighted by Gasteiger charge is 2.29. The molecule has 4 rings (SSSR count). The number of carbonyl (C=O) groups excluding carboxylic acids is 2. The lowest BCUT2D eigenvalue weighted by atomic mass is 10.2. The van der Waals surface area contributed by atoms with Gasteiger partial charge in [0.2, 0.25) is 15.9 Å². The smallest absolute Gasteiger partial charge is 0.257 e. The minimum atomic E-state index is -3.87. The number of benzene rings is 2. The van der Waals surface area contributed by atoms with Crippen LogP contribution in [-0.2, 0) is 14.8 Å². The second-order valence-corrected chi connectivity index (χ2v) is 9.63. The van der Waals surface area contributed by atoms with E-state index in [0.717, 1.165) is 20.1 Å². The maximum atomic E-state index is 12.8.